The molecule has 15 heavy (non-hydrogen) atoms. The zero-order valence-corrected chi connectivity index (χ0v) is 8.59. The van der Waals surface area contributed by atoms with Crippen LogP contribution in [0.2, 0.25) is 0 Å². The third kappa shape index (κ3) is 1.96. The molecule has 0 spiro atoms. The van der Waals surface area contributed by atoms with Crippen molar-refractivity contribution >= 4 is 5.82 Å². The van der Waals surface area contributed by atoms with Gasteiger partial charge in [-0.15, -0.1) is 5.10 Å². The van der Waals surface area contributed by atoms with Gasteiger partial charge >= 0.3 is 0 Å². The molecule has 0 saturated carbocycles. The largest absolute Gasteiger partial charge is 0.381 e. The minimum absolute atomic E-state index is 0.508. The molecule has 2 N–H and O–H groups in total. The number of hydrogen-bond acceptors (Lipinski definition) is 4. The molecule has 78 valence electrons. The van der Waals surface area contributed by atoms with Gasteiger partial charge in [0.2, 0.25) is 0 Å². The van der Waals surface area contributed by atoms with Gasteiger partial charge in [0.05, 0.1) is 17.9 Å². The molecule has 0 aliphatic heterocycles. The van der Waals surface area contributed by atoms with Crippen LogP contribution in [-0.4, -0.2) is 20.0 Å². The highest BCUT2D eigenvalue weighted by Gasteiger charge is 2.08. The summed E-state index contributed by atoms with van der Waals surface area (Å²) in [6.45, 7) is 2.65. The van der Waals surface area contributed by atoms with E-state index in [2.05, 4.69) is 15.3 Å². The van der Waals surface area contributed by atoms with Crippen LogP contribution < -0.4 is 5.73 Å². The smallest absolute Gasteiger partial charge is 0.169 e. The van der Waals surface area contributed by atoms with Crippen molar-refractivity contribution in [3.8, 4) is 0 Å². The second-order valence-electron chi connectivity index (χ2n) is 3.25. The van der Waals surface area contributed by atoms with Crippen LogP contribution in [0.5, 0.6) is 0 Å². The number of nitrogens with zero attached hydrogens (tertiary/aromatic N) is 4. The van der Waals surface area contributed by atoms with Crippen LogP contribution in [-0.2, 0) is 13.0 Å². The summed E-state index contributed by atoms with van der Waals surface area (Å²) in [7, 11) is 0. The van der Waals surface area contributed by atoms with Crippen LogP contribution in [0.15, 0.2) is 24.4 Å². The number of rotatable bonds is 3. The zero-order chi connectivity index (χ0) is 10.7. The molecular formula is C10H13N5. The van der Waals surface area contributed by atoms with E-state index < -0.39 is 0 Å². The van der Waals surface area contributed by atoms with Gasteiger partial charge in [-0.25, -0.2) is 4.68 Å². The Morgan fingerprint density at radius 1 is 1.40 bits per heavy atom. The molecular weight excluding hydrogens is 190 g/mol. The standard InChI is InChI=1S/C10H13N5/c1-2-9-10(11)13-14-15(9)7-8-5-3-4-6-12-8/h3-6H,2,7,11H2,1H3. The van der Waals surface area contributed by atoms with E-state index in [1.165, 1.54) is 0 Å². The second-order valence-corrected chi connectivity index (χ2v) is 3.25. The minimum atomic E-state index is 0.508. The van der Waals surface area contributed by atoms with E-state index in [1.54, 1.807) is 10.9 Å². The number of hydrogen-bond donors (Lipinski definition) is 1. The highest BCUT2D eigenvalue weighted by atomic mass is 15.4. The first-order valence-electron chi connectivity index (χ1n) is 4.89. The second kappa shape index (κ2) is 4.08. The Bertz CT molecular complexity index is 434. The van der Waals surface area contributed by atoms with Crippen LogP contribution >= 0.6 is 0 Å². The SMILES string of the molecule is CCc1c(N)nnn1Cc1ccccn1. The van der Waals surface area contributed by atoms with Crippen LogP contribution in [0.25, 0.3) is 0 Å². The Balaban J connectivity index is 2.25. The summed E-state index contributed by atoms with van der Waals surface area (Å²) >= 11 is 0. The fourth-order valence-electron chi connectivity index (χ4n) is 1.48. The van der Waals surface area contributed by atoms with Gasteiger partial charge in [-0.1, -0.05) is 18.2 Å². The predicted octanol–water partition coefficient (Wildman–Crippen LogP) is 0.866. The normalized spacial score (nSPS) is 10.5. The third-order valence-electron chi connectivity index (χ3n) is 2.24. The van der Waals surface area contributed by atoms with Gasteiger partial charge < -0.3 is 5.73 Å². The lowest BCUT2D eigenvalue weighted by molar-refractivity contribution is 0.612. The number of nitrogens with two attached hydrogens (primary N) is 1. The van der Waals surface area contributed by atoms with E-state index in [0.717, 1.165) is 17.8 Å². The van der Waals surface area contributed by atoms with Gasteiger partial charge in [-0.3, -0.25) is 4.98 Å². The maximum atomic E-state index is 5.69. The van der Waals surface area contributed by atoms with Gasteiger partial charge in [0.15, 0.2) is 5.82 Å². The third-order valence-corrected chi connectivity index (χ3v) is 2.24. The molecule has 0 aliphatic rings. The van der Waals surface area contributed by atoms with Gasteiger partial charge in [-0.05, 0) is 18.6 Å². The summed E-state index contributed by atoms with van der Waals surface area (Å²) in [5.41, 5.74) is 7.61. The highest BCUT2D eigenvalue weighted by Crippen LogP contribution is 2.09. The Hall–Kier alpha value is -1.91. The van der Waals surface area contributed by atoms with Crippen molar-refractivity contribution in [2.24, 2.45) is 0 Å². The number of anilines is 1. The Labute approximate surface area is 87.9 Å². The monoisotopic (exact) mass is 203 g/mol. The lowest BCUT2D eigenvalue weighted by Crippen LogP contribution is -2.07. The van der Waals surface area contributed by atoms with E-state index in [0.29, 0.717) is 12.4 Å². The quantitative estimate of drug-likeness (QED) is 0.803. The van der Waals surface area contributed by atoms with E-state index in [1.807, 2.05) is 25.1 Å². The maximum Gasteiger partial charge on any atom is 0.169 e. The fraction of sp³-hybridized carbons (Fsp3) is 0.300. The molecule has 5 nitrogen and oxygen atoms in total. The molecule has 0 fully saturated rings. The Kier molecular flexibility index (Phi) is 2.62. The van der Waals surface area contributed by atoms with Crippen LogP contribution in [0.3, 0.4) is 0 Å². The molecule has 0 saturated heterocycles. The molecule has 0 aliphatic carbocycles. The first-order valence-corrected chi connectivity index (χ1v) is 4.89. The molecule has 0 atom stereocenters. The van der Waals surface area contributed by atoms with Gasteiger partial charge in [0.25, 0.3) is 0 Å². The average molecular weight is 203 g/mol. The van der Waals surface area contributed by atoms with E-state index in [9.17, 15) is 0 Å². The molecule has 2 aromatic rings. The molecule has 0 bridgehead atoms. The predicted molar refractivity (Wildman–Crippen MR) is 57.2 cm³/mol. The highest BCUT2D eigenvalue weighted by molar-refractivity contribution is 5.32. The van der Waals surface area contributed by atoms with Crippen molar-refractivity contribution in [3.63, 3.8) is 0 Å². The minimum Gasteiger partial charge on any atom is -0.381 e. The molecule has 0 unspecified atom stereocenters. The summed E-state index contributed by atoms with van der Waals surface area (Å²) in [5.74, 6) is 0.508. The summed E-state index contributed by atoms with van der Waals surface area (Å²) in [5, 5.41) is 7.83. The number of aromatic nitrogens is 4. The first-order chi connectivity index (χ1) is 7.31. The van der Waals surface area contributed by atoms with Crippen LogP contribution in [0.4, 0.5) is 5.82 Å². The summed E-state index contributed by atoms with van der Waals surface area (Å²) in [4.78, 5) is 4.23. The lowest BCUT2D eigenvalue weighted by atomic mass is 10.3. The van der Waals surface area contributed by atoms with E-state index in [4.69, 9.17) is 5.73 Å². The average Bonchev–Trinajstić information content (AvgIpc) is 2.61. The zero-order valence-electron chi connectivity index (χ0n) is 8.59. The van der Waals surface area contributed by atoms with Crippen molar-refractivity contribution in [3.05, 3.63) is 35.8 Å². The van der Waals surface area contributed by atoms with E-state index >= 15 is 0 Å². The fourth-order valence-corrected chi connectivity index (χ4v) is 1.48. The summed E-state index contributed by atoms with van der Waals surface area (Å²) < 4.78 is 1.79. The van der Waals surface area contributed by atoms with Crippen LogP contribution in [0.1, 0.15) is 18.3 Å². The Morgan fingerprint density at radius 3 is 2.93 bits per heavy atom. The van der Waals surface area contributed by atoms with Crippen molar-refractivity contribution in [2.45, 2.75) is 19.9 Å². The molecule has 5 heteroatoms. The first kappa shape index (κ1) is 9.64. The number of pyridine rings is 1. The van der Waals surface area contributed by atoms with Gasteiger partial charge in [-0.2, -0.15) is 0 Å². The summed E-state index contributed by atoms with van der Waals surface area (Å²) in [6, 6.07) is 5.80. The van der Waals surface area contributed by atoms with Crippen molar-refractivity contribution in [1.29, 1.82) is 0 Å². The molecule has 2 aromatic heterocycles. The maximum absolute atomic E-state index is 5.69. The molecule has 0 amide bonds. The van der Waals surface area contributed by atoms with E-state index in [-0.39, 0.29) is 0 Å². The summed E-state index contributed by atoms with van der Waals surface area (Å²) in [6.07, 6.45) is 2.59. The molecule has 2 heterocycles. The molecule has 2 rings (SSSR count). The van der Waals surface area contributed by atoms with Crippen molar-refractivity contribution in [2.75, 3.05) is 5.73 Å². The van der Waals surface area contributed by atoms with Gasteiger partial charge in [0.1, 0.15) is 0 Å². The Morgan fingerprint density at radius 2 is 2.27 bits per heavy atom. The number of nitrogen functional groups attached to an aromatic ring is 1. The van der Waals surface area contributed by atoms with Crippen LogP contribution in [0, 0.1) is 0 Å². The topological polar surface area (TPSA) is 69.6 Å². The van der Waals surface area contributed by atoms with Crippen molar-refractivity contribution in [1.82, 2.24) is 20.0 Å². The molecule has 0 radical (unpaired) electrons. The molecule has 0 aromatic carbocycles. The van der Waals surface area contributed by atoms with Crippen molar-refractivity contribution < 1.29 is 0 Å². The van der Waals surface area contributed by atoms with Gasteiger partial charge in [0, 0.05) is 6.20 Å². The lowest BCUT2D eigenvalue weighted by Gasteiger charge is -2.03.